The molecule has 0 aliphatic carbocycles. The van der Waals surface area contributed by atoms with Gasteiger partial charge in [-0.2, -0.15) is 0 Å². The summed E-state index contributed by atoms with van der Waals surface area (Å²) in [5, 5.41) is 5.18. The summed E-state index contributed by atoms with van der Waals surface area (Å²) in [4.78, 5) is 13.6. The van der Waals surface area contributed by atoms with Gasteiger partial charge in [0, 0.05) is 14.9 Å². The van der Waals surface area contributed by atoms with Gasteiger partial charge in [-0.3, -0.25) is 4.79 Å². The summed E-state index contributed by atoms with van der Waals surface area (Å²) in [7, 11) is 0. The smallest absolute Gasteiger partial charge is 0.251 e. The maximum atomic E-state index is 12.4. The highest BCUT2D eigenvalue weighted by Crippen LogP contribution is 2.26. The van der Waals surface area contributed by atoms with Crippen molar-refractivity contribution in [1.82, 2.24) is 5.32 Å². The van der Waals surface area contributed by atoms with E-state index in [4.69, 9.17) is 0 Å². The highest BCUT2D eigenvalue weighted by Gasteiger charge is 2.20. The van der Waals surface area contributed by atoms with E-state index >= 15 is 0 Å². The van der Waals surface area contributed by atoms with Crippen LogP contribution < -0.4 is 5.32 Å². The lowest BCUT2D eigenvalue weighted by atomic mass is 10.0. The molecule has 0 spiro atoms. The Bertz CT molecular complexity index is 572. The number of carbonyl (C=O) groups excluding carboxylic acids is 1. The molecule has 20 heavy (non-hydrogen) atoms. The van der Waals surface area contributed by atoms with Gasteiger partial charge in [-0.1, -0.05) is 35.8 Å². The zero-order valence-electron chi connectivity index (χ0n) is 11.8. The van der Waals surface area contributed by atoms with Crippen LogP contribution >= 0.6 is 27.3 Å². The number of hydrogen-bond donors (Lipinski definition) is 1. The Morgan fingerprint density at radius 1 is 1.30 bits per heavy atom. The molecule has 1 aromatic carbocycles. The van der Waals surface area contributed by atoms with Gasteiger partial charge < -0.3 is 5.32 Å². The molecule has 0 fully saturated rings. The summed E-state index contributed by atoms with van der Waals surface area (Å²) in [6.45, 7) is 6.23. The van der Waals surface area contributed by atoms with E-state index in [0.29, 0.717) is 11.5 Å². The Labute approximate surface area is 132 Å². The molecule has 1 unspecified atom stereocenters. The molecule has 0 aliphatic heterocycles. The highest BCUT2D eigenvalue weighted by atomic mass is 79.9. The highest BCUT2D eigenvalue weighted by molar-refractivity contribution is 9.10. The normalized spacial score (nSPS) is 12.4. The fourth-order valence-electron chi connectivity index (χ4n) is 2.13. The van der Waals surface area contributed by atoms with Crippen LogP contribution in [0.2, 0.25) is 0 Å². The Morgan fingerprint density at radius 3 is 2.60 bits per heavy atom. The fourth-order valence-corrected chi connectivity index (χ4v) is 3.68. The molecule has 0 saturated heterocycles. The summed E-state index contributed by atoms with van der Waals surface area (Å²) in [5.74, 6) is 0.326. The molecule has 106 valence electrons. The lowest BCUT2D eigenvalue weighted by molar-refractivity contribution is 0.0926. The van der Waals surface area contributed by atoms with Crippen LogP contribution in [0.4, 0.5) is 0 Å². The van der Waals surface area contributed by atoms with Gasteiger partial charge in [-0.15, -0.1) is 11.3 Å². The molecule has 1 atom stereocenters. The number of carbonyl (C=O) groups is 1. The molecule has 2 nitrogen and oxygen atoms in total. The molecule has 2 rings (SSSR count). The van der Waals surface area contributed by atoms with E-state index < -0.39 is 0 Å². The van der Waals surface area contributed by atoms with E-state index in [1.807, 2.05) is 36.6 Å². The third-order valence-corrected chi connectivity index (χ3v) is 4.52. The van der Waals surface area contributed by atoms with Crippen molar-refractivity contribution in [3.8, 4) is 0 Å². The largest absolute Gasteiger partial charge is 0.344 e. The fraction of sp³-hybridized carbons (Fsp3) is 0.312. The second-order valence-electron chi connectivity index (χ2n) is 5.23. The number of hydrogen-bond acceptors (Lipinski definition) is 2. The van der Waals surface area contributed by atoms with Crippen LogP contribution in [0.3, 0.4) is 0 Å². The topological polar surface area (TPSA) is 29.1 Å². The van der Waals surface area contributed by atoms with Gasteiger partial charge in [0.25, 0.3) is 5.91 Å². The second kappa shape index (κ2) is 6.55. The predicted octanol–water partition coefficient (Wildman–Crippen LogP) is 4.95. The summed E-state index contributed by atoms with van der Waals surface area (Å²) in [5.41, 5.74) is 1.76. The van der Waals surface area contributed by atoms with E-state index in [0.717, 1.165) is 10.0 Å². The standard InChI is InChI=1S/C16H18BrNOS/c1-10(2)15(14-5-4-6-20-14)18-16(19)12-7-11(3)8-13(17)9-12/h4-10,15H,1-3H3,(H,18,19). The number of aryl methyl sites for hydroxylation is 1. The lowest BCUT2D eigenvalue weighted by Gasteiger charge is -2.21. The number of amides is 1. The van der Waals surface area contributed by atoms with Crippen LogP contribution in [0.5, 0.6) is 0 Å². The molecule has 1 amide bonds. The molecule has 2 aromatic rings. The van der Waals surface area contributed by atoms with Crippen LogP contribution in [0.15, 0.2) is 40.2 Å². The third kappa shape index (κ3) is 3.70. The van der Waals surface area contributed by atoms with Gasteiger partial charge in [0.05, 0.1) is 6.04 Å². The molecule has 1 N–H and O–H groups in total. The molecule has 0 aliphatic rings. The Balaban J connectivity index is 2.20. The number of thiophene rings is 1. The Hall–Kier alpha value is -1.13. The van der Waals surface area contributed by atoms with Crippen molar-refractivity contribution in [3.05, 3.63) is 56.2 Å². The van der Waals surface area contributed by atoms with Crippen LogP contribution in [0, 0.1) is 12.8 Å². The molecular weight excluding hydrogens is 334 g/mol. The summed E-state index contributed by atoms with van der Waals surface area (Å²) >= 11 is 5.12. The second-order valence-corrected chi connectivity index (χ2v) is 7.12. The summed E-state index contributed by atoms with van der Waals surface area (Å²) in [6.07, 6.45) is 0. The number of halogens is 1. The molecule has 1 heterocycles. The maximum absolute atomic E-state index is 12.4. The van der Waals surface area contributed by atoms with Crippen LogP contribution in [-0.4, -0.2) is 5.91 Å². The molecule has 0 radical (unpaired) electrons. The van der Waals surface area contributed by atoms with Gasteiger partial charge in [0.15, 0.2) is 0 Å². The minimum Gasteiger partial charge on any atom is -0.344 e. The van der Waals surface area contributed by atoms with Crippen LogP contribution in [-0.2, 0) is 0 Å². The van der Waals surface area contributed by atoms with Crippen molar-refractivity contribution in [2.75, 3.05) is 0 Å². The van der Waals surface area contributed by atoms with Crippen molar-refractivity contribution in [1.29, 1.82) is 0 Å². The van der Waals surface area contributed by atoms with Crippen molar-refractivity contribution in [2.24, 2.45) is 5.92 Å². The average molecular weight is 352 g/mol. The molecule has 1 aromatic heterocycles. The van der Waals surface area contributed by atoms with E-state index in [2.05, 4.69) is 41.2 Å². The van der Waals surface area contributed by atoms with Gasteiger partial charge in [-0.05, 0) is 48.1 Å². The number of nitrogens with one attached hydrogen (secondary N) is 1. The minimum atomic E-state index is -0.0264. The van der Waals surface area contributed by atoms with Gasteiger partial charge in [0.2, 0.25) is 0 Å². The van der Waals surface area contributed by atoms with E-state index in [-0.39, 0.29) is 11.9 Å². The first-order valence-corrected chi connectivity index (χ1v) is 8.26. The lowest BCUT2D eigenvalue weighted by Crippen LogP contribution is -2.31. The first kappa shape index (κ1) is 15.3. The monoisotopic (exact) mass is 351 g/mol. The SMILES string of the molecule is Cc1cc(Br)cc(C(=O)NC(c2cccs2)C(C)C)c1. The van der Waals surface area contributed by atoms with Crippen molar-refractivity contribution in [3.63, 3.8) is 0 Å². The summed E-state index contributed by atoms with van der Waals surface area (Å²) in [6, 6.07) is 9.91. The number of benzene rings is 1. The minimum absolute atomic E-state index is 0.0264. The predicted molar refractivity (Wildman–Crippen MR) is 88.2 cm³/mol. The van der Waals surface area contributed by atoms with Gasteiger partial charge >= 0.3 is 0 Å². The van der Waals surface area contributed by atoms with Crippen molar-refractivity contribution in [2.45, 2.75) is 26.8 Å². The Kier molecular flexibility index (Phi) is 5.00. The third-order valence-electron chi connectivity index (χ3n) is 3.11. The van der Waals surface area contributed by atoms with E-state index in [1.54, 1.807) is 11.3 Å². The zero-order valence-corrected chi connectivity index (χ0v) is 14.2. The van der Waals surface area contributed by atoms with Crippen molar-refractivity contribution >= 4 is 33.2 Å². The van der Waals surface area contributed by atoms with Crippen LogP contribution in [0.25, 0.3) is 0 Å². The molecule has 0 saturated carbocycles. The number of rotatable bonds is 4. The summed E-state index contributed by atoms with van der Waals surface area (Å²) < 4.78 is 0.930. The van der Waals surface area contributed by atoms with Gasteiger partial charge in [0.1, 0.15) is 0 Å². The van der Waals surface area contributed by atoms with Crippen molar-refractivity contribution < 1.29 is 4.79 Å². The van der Waals surface area contributed by atoms with E-state index in [1.165, 1.54) is 4.88 Å². The molecule has 0 bridgehead atoms. The molecular formula is C16H18BrNOS. The van der Waals surface area contributed by atoms with E-state index in [9.17, 15) is 4.79 Å². The first-order chi connectivity index (χ1) is 9.47. The Morgan fingerprint density at radius 2 is 2.05 bits per heavy atom. The maximum Gasteiger partial charge on any atom is 0.251 e. The zero-order chi connectivity index (χ0) is 14.7. The molecule has 4 heteroatoms. The van der Waals surface area contributed by atoms with Crippen LogP contribution in [0.1, 0.15) is 40.7 Å². The van der Waals surface area contributed by atoms with Gasteiger partial charge in [-0.25, -0.2) is 0 Å². The first-order valence-electron chi connectivity index (χ1n) is 6.59. The quantitative estimate of drug-likeness (QED) is 0.829. The average Bonchev–Trinajstić information content (AvgIpc) is 2.87.